The van der Waals surface area contributed by atoms with E-state index >= 15 is 0 Å². The van der Waals surface area contributed by atoms with Gasteiger partial charge in [-0.1, -0.05) is 12.1 Å². The second kappa shape index (κ2) is 7.17. The fraction of sp³-hybridized carbons (Fsp3) is 0.280. The summed E-state index contributed by atoms with van der Waals surface area (Å²) in [6.07, 6.45) is 6.21. The molecule has 0 saturated heterocycles. The van der Waals surface area contributed by atoms with Crippen LogP contribution in [-0.4, -0.2) is 28.0 Å². The van der Waals surface area contributed by atoms with Crippen LogP contribution in [0.1, 0.15) is 28.8 Å². The molecule has 0 saturated carbocycles. The van der Waals surface area contributed by atoms with Crippen molar-refractivity contribution >= 4 is 17.2 Å². The summed E-state index contributed by atoms with van der Waals surface area (Å²) in [6.45, 7) is 7.47. The van der Waals surface area contributed by atoms with E-state index in [1.807, 2.05) is 12.3 Å². The van der Waals surface area contributed by atoms with E-state index < -0.39 is 0 Å². The quantitative estimate of drug-likeness (QED) is 0.462. The lowest BCUT2D eigenvalue weighted by Crippen LogP contribution is -2.26. The molecule has 0 N–H and O–H groups in total. The molecular formula is C25H26N4O. The zero-order chi connectivity index (χ0) is 20.8. The van der Waals surface area contributed by atoms with Crippen molar-refractivity contribution in [2.45, 2.75) is 33.6 Å². The van der Waals surface area contributed by atoms with Crippen molar-refractivity contribution < 1.29 is 4.74 Å². The van der Waals surface area contributed by atoms with Gasteiger partial charge in [-0.25, -0.2) is 9.97 Å². The number of aryl methyl sites for hydroxylation is 4. The van der Waals surface area contributed by atoms with E-state index in [1.54, 1.807) is 7.11 Å². The fourth-order valence-electron chi connectivity index (χ4n) is 4.39. The van der Waals surface area contributed by atoms with E-state index in [2.05, 4.69) is 71.6 Å². The van der Waals surface area contributed by atoms with Gasteiger partial charge in [-0.05, 0) is 68.5 Å². The smallest absolute Gasteiger partial charge is 0.212 e. The van der Waals surface area contributed by atoms with Crippen LogP contribution < -0.4 is 9.64 Å². The number of pyridine rings is 2. The van der Waals surface area contributed by atoms with Crippen LogP contribution in [-0.2, 0) is 6.42 Å². The summed E-state index contributed by atoms with van der Waals surface area (Å²) in [7, 11) is 1.64. The molecule has 30 heavy (non-hydrogen) atoms. The molecule has 1 aliphatic heterocycles. The van der Waals surface area contributed by atoms with Crippen molar-refractivity contribution in [3.05, 3.63) is 71.2 Å². The lowest BCUT2D eigenvalue weighted by atomic mass is 10.0. The number of benzene rings is 1. The van der Waals surface area contributed by atoms with E-state index in [1.165, 1.54) is 33.9 Å². The van der Waals surface area contributed by atoms with Crippen molar-refractivity contribution in [2.24, 2.45) is 0 Å². The zero-order valence-electron chi connectivity index (χ0n) is 17.9. The maximum Gasteiger partial charge on any atom is 0.212 e. The summed E-state index contributed by atoms with van der Waals surface area (Å²) >= 11 is 0. The van der Waals surface area contributed by atoms with Crippen LogP contribution in [0, 0.1) is 20.8 Å². The van der Waals surface area contributed by atoms with Crippen molar-refractivity contribution in [2.75, 3.05) is 18.6 Å². The Bertz CT molecular complexity index is 1240. The topological polar surface area (TPSA) is 42.7 Å². The van der Waals surface area contributed by atoms with Gasteiger partial charge in [0.15, 0.2) is 0 Å². The van der Waals surface area contributed by atoms with Crippen LogP contribution in [0.15, 0.2) is 48.8 Å². The second-order valence-corrected chi connectivity index (χ2v) is 8.11. The number of methoxy groups -OCH3 is 1. The highest BCUT2D eigenvalue weighted by molar-refractivity contribution is 5.74. The minimum atomic E-state index is 0.624. The molecule has 1 aliphatic rings. The van der Waals surface area contributed by atoms with Crippen LogP contribution in [0.5, 0.6) is 5.88 Å². The van der Waals surface area contributed by atoms with Crippen LogP contribution in [0.2, 0.25) is 0 Å². The Morgan fingerprint density at radius 2 is 1.87 bits per heavy atom. The highest BCUT2D eigenvalue weighted by atomic mass is 16.5. The average molecular weight is 399 g/mol. The molecule has 4 heterocycles. The minimum absolute atomic E-state index is 0.624. The van der Waals surface area contributed by atoms with E-state index in [9.17, 15) is 0 Å². The molecule has 0 bridgehead atoms. The number of ether oxygens (including phenoxy) is 1. The molecule has 0 fully saturated rings. The van der Waals surface area contributed by atoms with E-state index in [4.69, 9.17) is 9.72 Å². The summed E-state index contributed by atoms with van der Waals surface area (Å²) in [5, 5.41) is 0. The lowest BCUT2D eigenvalue weighted by molar-refractivity contribution is 0.398. The summed E-state index contributed by atoms with van der Waals surface area (Å²) < 4.78 is 7.47. The molecule has 5 heteroatoms. The first-order valence-corrected chi connectivity index (χ1v) is 10.4. The normalized spacial score (nSPS) is 13.5. The average Bonchev–Trinajstić information content (AvgIpc) is 3.12. The molecule has 3 aromatic heterocycles. The monoisotopic (exact) mass is 398 g/mol. The van der Waals surface area contributed by atoms with Crippen molar-refractivity contribution in [3.63, 3.8) is 0 Å². The highest BCUT2D eigenvalue weighted by Gasteiger charge is 2.25. The molecule has 0 amide bonds. The van der Waals surface area contributed by atoms with Gasteiger partial charge in [0.1, 0.15) is 11.5 Å². The molecule has 5 nitrogen and oxygen atoms in total. The van der Waals surface area contributed by atoms with E-state index in [0.29, 0.717) is 5.88 Å². The number of anilines is 2. The van der Waals surface area contributed by atoms with Gasteiger partial charge in [-0.2, -0.15) is 0 Å². The molecule has 0 atom stereocenters. The summed E-state index contributed by atoms with van der Waals surface area (Å²) in [4.78, 5) is 11.8. The molecule has 0 spiro atoms. The number of hydrogen-bond donors (Lipinski definition) is 0. The predicted molar refractivity (Wildman–Crippen MR) is 121 cm³/mol. The van der Waals surface area contributed by atoms with Gasteiger partial charge < -0.3 is 9.64 Å². The van der Waals surface area contributed by atoms with Crippen LogP contribution in [0.4, 0.5) is 11.5 Å². The number of fused-ring (bicyclic) bond motifs is 3. The van der Waals surface area contributed by atoms with Gasteiger partial charge in [-0.3, -0.25) is 4.40 Å². The number of imidazole rings is 1. The number of hydrogen-bond acceptors (Lipinski definition) is 4. The Morgan fingerprint density at radius 3 is 2.63 bits per heavy atom. The molecule has 0 unspecified atom stereocenters. The molecule has 0 aliphatic carbocycles. The van der Waals surface area contributed by atoms with Crippen LogP contribution in [0.25, 0.3) is 16.8 Å². The van der Waals surface area contributed by atoms with Gasteiger partial charge in [0.25, 0.3) is 0 Å². The Hall–Kier alpha value is -3.34. The SMILES string of the molecule is COc1ccc(-c2cn3c4c(nc3cc2C)CCCN4c2cc(C)ccc2C)cn1. The van der Waals surface area contributed by atoms with E-state index in [-0.39, 0.29) is 0 Å². The fourth-order valence-corrected chi connectivity index (χ4v) is 4.39. The Balaban J connectivity index is 1.70. The first kappa shape index (κ1) is 18.7. The third-order valence-electron chi connectivity index (χ3n) is 5.97. The molecular weight excluding hydrogens is 372 g/mol. The van der Waals surface area contributed by atoms with E-state index in [0.717, 1.165) is 36.2 Å². The van der Waals surface area contributed by atoms with Gasteiger partial charge in [0.2, 0.25) is 5.88 Å². The maximum absolute atomic E-state index is 5.22. The molecule has 152 valence electrons. The highest BCUT2D eigenvalue weighted by Crippen LogP contribution is 2.37. The number of aromatic nitrogens is 3. The maximum atomic E-state index is 5.22. The van der Waals surface area contributed by atoms with Crippen LogP contribution >= 0.6 is 0 Å². The Kier molecular flexibility index (Phi) is 4.46. The lowest BCUT2D eigenvalue weighted by Gasteiger charge is -2.30. The van der Waals surface area contributed by atoms with Crippen molar-refractivity contribution in [1.82, 2.24) is 14.4 Å². The summed E-state index contributed by atoms with van der Waals surface area (Å²) in [6, 6.07) is 12.8. The molecule has 1 aromatic carbocycles. The zero-order valence-corrected chi connectivity index (χ0v) is 17.9. The first-order chi connectivity index (χ1) is 14.5. The third-order valence-corrected chi connectivity index (χ3v) is 5.97. The minimum Gasteiger partial charge on any atom is -0.481 e. The Labute approximate surface area is 177 Å². The largest absolute Gasteiger partial charge is 0.481 e. The number of nitrogens with zero attached hydrogens (tertiary/aromatic N) is 4. The van der Waals surface area contributed by atoms with Crippen molar-refractivity contribution in [1.29, 1.82) is 0 Å². The van der Waals surface area contributed by atoms with Gasteiger partial charge >= 0.3 is 0 Å². The van der Waals surface area contributed by atoms with Crippen molar-refractivity contribution in [3.8, 4) is 17.0 Å². The molecule has 5 rings (SSSR count). The van der Waals surface area contributed by atoms with Gasteiger partial charge in [-0.15, -0.1) is 0 Å². The third kappa shape index (κ3) is 3.02. The predicted octanol–water partition coefficient (Wildman–Crippen LogP) is 5.41. The summed E-state index contributed by atoms with van der Waals surface area (Å²) in [5.74, 6) is 1.81. The Morgan fingerprint density at radius 1 is 1.00 bits per heavy atom. The number of rotatable bonds is 3. The molecule has 4 aromatic rings. The molecule has 0 radical (unpaired) electrons. The van der Waals surface area contributed by atoms with Gasteiger partial charge in [0.05, 0.1) is 12.8 Å². The standard InChI is InChI=1S/C25H26N4O/c1-16-7-8-17(2)22(12-16)28-11-5-6-21-25(28)29-15-20(18(3)13-23(29)27-21)19-9-10-24(30-4)26-14-19/h7-10,12-15H,5-6,11H2,1-4H3. The van der Waals surface area contributed by atoms with Crippen LogP contribution in [0.3, 0.4) is 0 Å². The summed E-state index contributed by atoms with van der Waals surface area (Å²) in [5.41, 5.74) is 9.43. The second-order valence-electron chi connectivity index (χ2n) is 8.11. The first-order valence-electron chi connectivity index (χ1n) is 10.4. The van der Waals surface area contributed by atoms with Gasteiger partial charge in [0, 0.05) is 41.8 Å².